The molecule has 2 rings (SSSR count). The van der Waals surface area contributed by atoms with Crippen LogP contribution in [0.5, 0.6) is 17.2 Å². The van der Waals surface area contributed by atoms with Crippen molar-refractivity contribution in [2.24, 2.45) is 5.73 Å². The maximum Gasteiger partial charge on any atom is 0.322 e. The molecule has 2 aromatic carbocycles. The third kappa shape index (κ3) is 4.22. The van der Waals surface area contributed by atoms with Gasteiger partial charge in [-0.05, 0) is 48.4 Å². The minimum atomic E-state index is -0.668. The molecule has 0 spiro atoms. The van der Waals surface area contributed by atoms with Gasteiger partial charge in [-0.25, -0.2) is 0 Å². The van der Waals surface area contributed by atoms with Crippen LogP contribution < -0.4 is 10.5 Å². The predicted octanol–water partition coefficient (Wildman–Crippen LogP) is 2.23. The topological polar surface area (TPSA) is 81.8 Å². The van der Waals surface area contributed by atoms with E-state index in [1.54, 1.807) is 36.4 Å². The molecule has 0 aliphatic rings. The summed E-state index contributed by atoms with van der Waals surface area (Å²) in [6.07, 6.45) is 0.409. The third-order valence-electron chi connectivity index (χ3n) is 2.96. The van der Waals surface area contributed by atoms with Gasteiger partial charge in [0.25, 0.3) is 0 Å². The summed E-state index contributed by atoms with van der Waals surface area (Å²) in [6.45, 7) is 0. The van der Waals surface area contributed by atoms with Gasteiger partial charge in [0.05, 0.1) is 7.11 Å². The summed E-state index contributed by atoms with van der Waals surface area (Å²) in [4.78, 5) is 11.3. The van der Waals surface area contributed by atoms with Crippen molar-refractivity contribution < 1.29 is 19.4 Å². The van der Waals surface area contributed by atoms with Crippen LogP contribution >= 0.6 is 0 Å². The lowest BCUT2D eigenvalue weighted by Gasteiger charge is -2.10. The van der Waals surface area contributed by atoms with Gasteiger partial charge >= 0.3 is 5.97 Å². The van der Waals surface area contributed by atoms with Gasteiger partial charge in [-0.1, -0.05) is 12.1 Å². The van der Waals surface area contributed by atoms with Gasteiger partial charge in [0, 0.05) is 0 Å². The monoisotopic (exact) mass is 287 g/mol. The Kier molecular flexibility index (Phi) is 4.79. The first kappa shape index (κ1) is 14.9. The Hall–Kier alpha value is -2.53. The second-order valence-corrected chi connectivity index (χ2v) is 4.57. The highest BCUT2D eigenvalue weighted by Gasteiger charge is 2.14. The lowest BCUT2D eigenvalue weighted by molar-refractivity contribution is -0.142. The number of phenols is 1. The van der Waals surface area contributed by atoms with E-state index < -0.39 is 12.0 Å². The fourth-order valence-electron chi connectivity index (χ4n) is 1.83. The fraction of sp³-hybridized carbons (Fsp3) is 0.188. The number of esters is 1. The molecular formula is C16H17NO4. The van der Waals surface area contributed by atoms with Gasteiger partial charge in [-0.2, -0.15) is 0 Å². The summed E-state index contributed by atoms with van der Waals surface area (Å²) in [6, 6.07) is 13.1. The molecule has 0 saturated heterocycles. The maximum absolute atomic E-state index is 11.3. The molecule has 0 radical (unpaired) electrons. The van der Waals surface area contributed by atoms with Crippen LogP contribution in [0, 0.1) is 0 Å². The van der Waals surface area contributed by atoms with E-state index in [-0.39, 0.29) is 5.75 Å². The molecule has 0 aliphatic carbocycles. The van der Waals surface area contributed by atoms with Crippen LogP contribution in [0.4, 0.5) is 0 Å². The van der Waals surface area contributed by atoms with Crippen LogP contribution in [0.15, 0.2) is 48.5 Å². The van der Waals surface area contributed by atoms with E-state index in [1.807, 2.05) is 12.1 Å². The van der Waals surface area contributed by atoms with Crippen molar-refractivity contribution in [2.45, 2.75) is 12.5 Å². The summed E-state index contributed by atoms with van der Waals surface area (Å²) in [5, 5.41) is 9.20. The van der Waals surface area contributed by atoms with Gasteiger partial charge in [0.2, 0.25) is 0 Å². The summed E-state index contributed by atoms with van der Waals surface area (Å²) < 4.78 is 10.2. The molecule has 0 aromatic heterocycles. The minimum Gasteiger partial charge on any atom is -0.508 e. The van der Waals surface area contributed by atoms with Crippen molar-refractivity contribution >= 4 is 5.97 Å². The molecule has 21 heavy (non-hydrogen) atoms. The minimum absolute atomic E-state index is 0.189. The highest BCUT2D eigenvalue weighted by Crippen LogP contribution is 2.23. The second-order valence-electron chi connectivity index (χ2n) is 4.57. The maximum atomic E-state index is 11.3. The van der Waals surface area contributed by atoms with E-state index in [1.165, 1.54) is 7.11 Å². The Labute approximate surface area is 122 Å². The zero-order valence-electron chi connectivity index (χ0n) is 11.7. The number of carbonyl (C=O) groups is 1. The molecule has 0 bridgehead atoms. The lowest BCUT2D eigenvalue weighted by Crippen LogP contribution is -2.33. The number of carbonyl (C=O) groups excluding carboxylic acids is 1. The van der Waals surface area contributed by atoms with Gasteiger partial charge in [0.15, 0.2) is 0 Å². The Morgan fingerprint density at radius 2 is 1.62 bits per heavy atom. The number of ether oxygens (including phenoxy) is 2. The quantitative estimate of drug-likeness (QED) is 0.824. The standard InChI is InChI=1S/C16H17NO4/c1-20-16(19)15(17)10-11-2-6-13(7-3-11)21-14-8-4-12(18)5-9-14/h2-9,15,18H,10,17H2,1H3/t15-/m0/s1. The average molecular weight is 287 g/mol. The first-order chi connectivity index (χ1) is 10.1. The highest BCUT2D eigenvalue weighted by molar-refractivity contribution is 5.75. The molecule has 1 atom stereocenters. The van der Waals surface area contributed by atoms with Gasteiger partial charge < -0.3 is 20.3 Å². The van der Waals surface area contributed by atoms with E-state index in [0.29, 0.717) is 17.9 Å². The Morgan fingerprint density at radius 1 is 1.10 bits per heavy atom. The first-order valence-corrected chi connectivity index (χ1v) is 6.47. The zero-order valence-corrected chi connectivity index (χ0v) is 11.7. The molecule has 0 aliphatic heterocycles. The van der Waals surface area contributed by atoms with Gasteiger partial charge in [0.1, 0.15) is 23.3 Å². The van der Waals surface area contributed by atoms with Crippen molar-refractivity contribution in [3.8, 4) is 17.2 Å². The average Bonchev–Trinajstić information content (AvgIpc) is 2.50. The molecule has 110 valence electrons. The van der Waals surface area contributed by atoms with Crippen LogP contribution in [0.1, 0.15) is 5.56 Å². The fourth-order valence-corrected chi connectivity index (χ4v) is 1.83. The highest BCUT2D eigenvalue weighted by atomic mass is 16.5. The lowest BCUT2D eigenvalue weighted by atomic mass is 10.1. The van der Waals surface area contributed by atoms with Crippen molar-refractivity contribution in [1.29, 1.82) is 0 Å². The summed E-state index contributed by atoms with van der Waals surface area (Å²) in [5.74, 6) is 1.05. The molecule has 5 heteroatoms. The third-order valence-corrected chi connectivity index (χ3v) is 2.96. The van der Waals surface area contributed by atoms with Crippen LogP contribution in [-0.4, -0.2) is 24.2 Å². The van der Waals surface area contributed by atoms with Crippen LogP contribution in [0.25, 0.3) is 0 Å². The van der Waals surface area contributed by atoms with Crippen molar-refractivity contribution in [1.82, 2.24) is 0 Å². The largest absolute Gasteiger partial charge is 0.508 e. The number of hydrogen-bond donors (Lipinski definition) is 2. The molecule has 0 fully saturated rings. The van der Waals surface area contributed by atoms with Gasteiger partial charge in [-0.3, -0.25) is 4.79 Å². The molecule has 0 amide bonds. The van der Waals surface area contributed by atoms with E-state index in [9.17, 15) is 9.90 Å². The number of rotatable bonds is 5. The zero-order chi connectivity index (χ0) is 15.2. The summed E-state index contributed by atoms with van der Waals surface area (Å²) in [5.41, 5.74) is 6.63. The van der Waals surface area contributed by atoms with Crippen molar-refractivity contribution in [2.75, 3.05) is 7.11 Å². The summed E-state index contributed by atoms with van der Waals surface area (Å²) in [7, 11) is 1.32. The molecule has 0 saturated carbocycles. The number of phenolic OH excluding ortho intramolecular Hbond substituents is 1. The molecule has 5 nitrogen and oxygen atoms in total. The smallest absolute Gasteiger partial charge is 0.322 e. The number of aromatic hydroxyl groups is 1. The van der Waals surface area contributed by atoms with E-state index in [4.69, 9.17) is 10.5 Å². The molecule has 0 heterocycles. The second kappa shape index (κ2) is 6.76. The SMILES string of the molecule is COC(=O)[C@@H](N)Cc1ccc(Oc2ccc(O)cc2)cc1. The Bertz CT molecular complexity index is 593. The number of hydrogen-bond acceptors (Lipinski definition) is 5. The van der Waals surface area contributed by atoms with Crippen molar-refractivity contribution in [3.63, 3.8) is 0 Å². The van der Waals surface area contributed by atoms with E-state index >= 15 is 0 Å². The van der Waals surface area contributed by atoms with Gasteiger partial charge in [-0.15, -0.1) is 0 Å². The summed E-state index contributed by atoms with van der Waals surface area (Å²) >= 11 is 0. The molecule has 2 aromatic rings. The Balaban J connectivity index is 1.98. The predicted molar refractivity (Wildman–Crippen MR) is 78.3 cm³/mol. The van der Waals surface area contributed by atoms with E-state index in [2.05, 4.69) is 4.74 Å². The normalized spacial score (nSPS) is 11.7. The molecule has 0 unspecified atom stereocenters. The number of benzene rings is 2. The number of methoxy groups -OCH3 is 1. The number of nitrogens with two attached hydrogens (primary N) is 1. The molecule has 3 N–H and O–H groups in total. The van der Waals surface area contributed by atoms with Crippen molar-refractivity contribution in [3.05, 3.63) is 54.1 Å². The van der Waals surface area contributed by atoms with Crippen LogP contribution in [0.3, 0.4) is 0 Å². The van der Waals surface area contributed by atoms with E-state index in [0.717, 1.165) is 5.56 Å². The van der Waals surface area contributed by atoms with Crippen LogP contribution in [-0.2, 0) is 16.0 Å². The first-order valence-electron chi connectivity index (χ1n) is 6.47. The van der Waals surface area contributed by atoms with Crippen LogP contribution in [0.2, 0.25) is 0 Å². The molecular weight excluding hydrogens is 270 g/mol. The Morgan fingerprint density at radius 3 is 2.14 bits per heavy atom.